The SMILES string of the molecule is COc1ccc(Nc2ccc(NS(=O)(=O)CCCc3ccccc3)cn2)cc1. The van der Waals surface area contributed by atoms with Gasteiger partial charge in [-0.3, -0.25) is 4.72 Å². The highest BCUT2D eigenvalue weighted by atomic mass is 32.2. The Kier molecular flexibility index (Phi) is 6.49. The Labute approximate surface area is 165 Å². The summed E-state index contributed by atoms with van der Waals surface area (Å²) in [7, 11) is -1.79. The first-order chi connectivity index (χ1) is 13.5. The van der Waals surface area contributed by atoms with Crippen LogP contribution < -0.4 is 14.8 Å². The number of pyridine rings is 1. The quantitative estimate of drug-likeness (QED) is 0.565. The Morgan fingerprint density at radius 2 is 1.64 bits per heavy atom. The van der Waals surface area contributed by atoms with Crippen molar-refractivity contribution >= 4 is 27.2 Å². The van der Waals surface area contributed by atoms with E-state index >= 15 is 0 Å². The molecule has 0 saturated heterocycles. The largest absolute Gasteiger partial charge is 0.497 e. The molecule has 2 aromatic carbocycles. The van der Waals surface area contributed by atoms with Gasteiger partial charge in [0.2, 0.25) is 10.0 Å². The van der Waals surface area contributed by atoms with Gasteiger partial charge < -0.3 is 10.1 Å². The van der Waals surface area contributed by atoms with Gasteiger partial charge in [-0.05, 0) is 54.8 Å². The van der Waals surface area contributed by atoms with Crippen LogP contribution in [0.3, 0.4) is 0 Å². The number of methoxy groups -OCH3 is 1. The van der Waals surface area contributed by atoms with E-state index in [-0.39, 0.29) is 5.75 Å². The van der Waals surface area contributed by atoms with Crippen molar-refractivity contribution in [1.82, 2.24) is 4.98 Å². The predicted molar refractivity (Wildman–Crippen MR) is 113 cm³/mol. The van der Waals surface area contributed by atoms with Gasteiger partial charge in [0.1, 0.15) is 11.6 Å². The van der Waals surface area contributed by atoms with Gasteiger partial charge in [-0.15, -0.1) is 0 Å². The smallest absolute Gasteiger partial charge is 0.232 e. The molecule has 0 aliphatic rings. The van der Waals surface area contributed by atoms with E-state index in [2.05, 4.69) is 15.0 Å². The predicted octanol–water partition coefficient (Wildman–Crippen LogP) is 4.21. The fraction of sp³-hybridized carbons (Fsp3) is 0.190. The minimum Gasteiger partial charge on any atom is -0.497 e. The zero-order valence-electron chi connectivity index (χ0n) is 15.6. The minimum absolute atomic E-state index is 0.0632. The molecule has 3 rings (SSSR count). The fourth-order valence-electron chi connectivity index (χ4n) is 2.69. The molecule has 0 atom stereocenters. The number of aromatic nitrogens is 1. The van der Waals surface area contributed by atoms with Gasteiger partial charge in [-0.25, -0.2) is 13.4 Å². The standard InChI is InChI=1S/C21H23N3O3S/c1-27-20-12-9-18(10-13-20)23-21-14-11-19(16-22-21)24-28(25,26)15-5-8-17-6-3-2-4-7-17/h2-4,6-7,9-14,16,24H,5,8,15H2,1H3,(H,22,23). The van der Waals surface area contributed by atoms with Crippen LogP contribution in [0.15, 0.2) is 72.9 Å². The number of nitrogens with one attached hydrogen (secondary N) is 2. The average Bonchev–Trinajstić information content (AvgIpc) is 2.70. The highest BCUT2D eigenvalue weighted by Crippen LogP contribution is 2.20. The number of nitrogens with zero attached hydrogens (tertiary/aromatic N) is 1. The van der Waals surface area contributed by atoms with E-state index < -0.39 is 10.0 Å². The van der Waals surface area contributed by atoms with Gasteiger partial charge in [-0.2, -0.15) is 0 Å². The Morgan fingerprint density at radius 3 is 2.29 bits per heavy atom. The minimum atomic E-state index is -3.41. The second kappa shape index (κ2) is 9.23. The van der Waals surface area contributed by atoms with E-state index in [4.69, 9.17) is 4.74 Å². The number of aryl methyl sites for hydroxylation is 1. The average molecular weight is 398 g/mol. The molecule has 28 heavy (non-hydrogen) atoms. The molecule has 1 heterocycles. The number of hydrogen-bond acceptors (Lipinski definition) is 5. The maximum absolute atomic E-state index is 12.3. The van der Waals surface area contributed by atoms with Gasteiger partial charge in [-0.1, -0.05) is 30.3 Å². The number of rotatable bonds is 9. The molecule has 1 aromatic heterocycles. The van der Waals surface area contributed by atoms with Gasteiger partial charge >= 0.3 is 0 Å². The summed E-state index contributed by atoms with van der Waals surface area (Å²) >= 11 is 0. The van der Waals surface area contributed by atoms with Crippen LogP contribution in [0.5, 0.6) is 5.75 Å². The van der Waals surface area contributed by atoms with Gasteiger partial charge in [0.05, 0.1) is 24.7 Å². The lowest BCUT2D eigenvalue weighted by molar-refractivity contribution is 0.415. The molecule has 0 aliphatic heterocycles. The van der Waals surface area contributed by atoms with E-state index in [9.17, 15) is 8.42 Å². The lowest BCUT2D eigenvalue weighted by Gasteiger charge is -2.10. The Morgan fingerprint density at radius 1 is 0.929 bits per heavy atom. The Bertz CT molecular complexity index is 974. The molecular weight excluding hydrogens is 374 g/mol. The van der Waals surface area contributed by atoms with E-state index in [1.54, 1.807) is 19.2 Å². The van der Waals surface area contributed by atoms with Crippen molar-refractivity contribution in [1.29, 1.82) is 0 Å². The van der Waals surface area contributed by atoms with Crippen molar-refractivity contribution in [3.05, 3.63) is 78.5 Å². The zero-order chi connectivity index (χ0) is 19.8. The van der Waals surface area contributed by atoms with Crippen LogP contribution in [-0.2, 0) is 16.4 Å². The van der Waals surface area contributed by atoms with Crippen LogP contribution in [0.2, 0.25) is 0 Å². The molecule has 2 N–H and O–H groups in total. The van der Waals surface area contributed by atoms with Crippen LogP contribution in [0, 0.1) is 0 Å². The van der Waals surface area contributed by atoms with E-state index in [1.165, 1.54) is 6.20 Å². The number of anilines is 3. The molecule has 3 aromatic rings. The molecule has 0 amide bonds. The first-order valence-corrected chi connectivity index (χ1v) is 10.6. The first kappa shape index (κ1) is 19.7. The normalized spacial score (nSPS) is 11.0. The van der Waals surface area contributed by atoms with Gasteiger partial charge in [0.25, 0.3) is 0 Å². The molecule has 0 spiro atoms. The third kappa shape index (κ3) is 5.99. The highest BCUT2D eigenvalue weighted by molar-refractivity contribution is 7.92. The van der Waals surface area contributed by atoms with E-state index in [0.717, 1.165) is 23.4 Å². The molecule has 7 heteroatoms. The molecule has 0 radical (unpaired) electrons. The van der Waals surface area contributed by atoms with Crippen molar-refractivity contribution in [3.63, 3.8) is 0 Å². The second-order valence-electron chi connectivity index (χ2n) is 6.30. The Hall–Kier alpha value is -3.06. The molecule has 0 fully saturated rings. The van der Waals surface area contributed by atoms with Gasteiger partial charge in [0.15, 0.2) is 0 Å². The molecule has 0 saturated carbocycles. The zero-order valence-corrected chi connectivity index (χ0v) is 16.4. The second-order valence-corrected chi connectivity index (χ2v) is 8.14. The van der Waals surface area contributed by atoms with Crippen LogP contribution in [-0.4, -0.2) is 26.3 Å². The molecule has 146 valence electrons. The summed E-state index contributed by atoms with van der Waals surface area (Å²) in [5.41, 5.74) is 2.44. The van der Waals surface area contributed by atoms with Gasteiger partial charge in [0, 0.05) is 5.69 Å². The third-order valence-electron chi connectivity index (χ3n) is 4.12. The summed E-state index contributed by atoms with van der Waals surface area (Å²) in [6.45, 7) is 0. The van der Waals surface area contributed by atoms with Crippen molar-refractivity contribution in [2.24, 2.45) is 0 Å². The monoisotopic (exact) mass is 397 g/mol. The molecule has 0 unspecified atom stereocenters. The number of sulfonamides is 1. The summed E-state index contributed by atoms with van der Waals surface area (Å²) in [4.78, 5) is 4.26. The van der Waals surface area contributed by atoms with Crippen LogP contribution >= 0.6 is 0 Å². The molecular formula is C21H23N3O3S. The summed E-state index contributed by atoms with van der Waals surface area (Å²) in [6, 6.07) is 20.7. The highest BCUT2D eigenvalue weighted by Gasteiger charge is 2.10. The topological polar surface area (TPSA) is 80.3 Å². The molecule has 0 bridgehead atoms. The lowest BCUT2D eigenvalue weighted by atomic mass is 10.1. The van der Waals surface area contributed by atoms with Crippen LogP contribution in [0.4, 0.5) is 17.2 Å². The van der Waals surface area contributed by atoms with Crippen molar-refractivity contribution in [2.75, 3.05) is 22.9 Å². The summed E-state index contributed by atoms with van der Waals surface area (Å²) in [5, 5.41) is 3.15. The van der Waals surface area contributed by atoms with Crippen molar-refractivity contribution in [2.45, 2.75) is 12.8 Å². The maximum atomic E-state index is 12.3. The van der Waals surface area contributed by atoms with E-state index in [0.29, 0.717) is 17.9 Å². The molecule has 0 aliphatic carbocycles. The van der Waals surface area contributed by atoms with E-state index in [1.807, 2.05) is 54.6 Å². The summed E-state index contributed by atoms with van der Waals surface area (Å²) in [6.07, 6.45) is 2.79. The fourth-order valence-corrected chi connectivity index (χ4v) is 3.80. The number of ether oxygens (including phenoxy) is 1. The molecule has 6 nitrogen and oxygen atoms in total. The Balaban J connectivity index is 1.52. The summed E-state index contributed by atoms with van der Waals surface area (Å²) < 4.78 is 32.2. The maximum Gasteiger partial charge on any atom is 0.232 e. The number of benzene rings is 2. The van der Waals surface area contributed by atoms with Crippen molar-refractivity contribution < 1.29 is 13.2 Å². The van der Waals surface area contributed by atoms with Crippen molar-refractivity contribution in [3.8, 4) is 5.75 Å². The van der Waals surface area contributed by atoms with Crippen LogP contribution in [0.25, 0.3) is 0 Å². The lowest BCUT2D eigenvalue weighted by Crippen LogP contribution is -2.17. The third-order valence-corrected chi connectivity index (χ3v) is 5.49. The number of hydrogen-bond donors (Lipinski definition) is 2. The summed E-state index contributed by atoms with van der Waals surface area (Å²) in [5.74, 6) is 1.46. The first-order valence-electron chi connectivity index (χ1n) is 8.96. The van der Waals surface area contributed by atoms with Crippen LogP contribution in [0.1, 0.15) is 12.0 Å².